The number of rotatable bonds is 6. The van der Waals surface area contributed by atoms with Crippen molar-refractivity contribution in [2.24, 2.45) is 0 Å². The highest BCUT2D eigenvalue weighted by Crippen LogP contribution is 2.19. The Morgan fingerprint density at radius 1 is 1.12 bits per heavy atom. The Morgan fingerprint density at radius 3 is 2.42 bits per heavy atom. The Balaban J connectivity index is 2.22. The number of ether oxygens (including phenoxy) is 1. The van der Waals surface area contributed by atoms with Crippen LogP contribution in [-0.2, 0) is 9.53 Å². The van der Waals surface area contributed by atoms with Crippen LogP contribution in [0.15, 0.2) is 48.5 Å². The minimum absolute atomic E-state index is 0.0168. The van der Waals surface area contributed by atoms with E-state index in [0.29, 0.717) is 0 Å². The molecule has 0 fully saturated rings. The Hall–Kier alpha value is -2.69. The van der Waals surface area contributed by atoms with Crippen molar-refractivity contribution < 1.29 is 18.7 Å². The second-order valence-corrected chi connectivity index (χ2v) is 5.43. The van der Waals surface area contributed by atoms with Crippen LogP contribution in [0.4, 0.5) is 4.39 Å². The van der Waals surface area contributed by atoms with Crippen molar-refractivity contribution >= 4 is 11.9 Å². The standard InChI is InChI=1S/C19H20FNO3/c1-3-24-18(22)12-17(14-10-8-13(2)9-11-14)21-19(23)15-6-4-5-7-16(15)20/h4-11,17H,3,12H2,1-2H3,(H,21,23)/t17-/m0/s1. The summed E-state index contributed by atoms with van der Waals surface area (Å²) in [6.07, 6.45) is -0.0168. The molecule has 0 saturated heterocycles. The third kappa shape index (κ3) is 4.65. The van der Waals surface area contributed by atoms with Gasteiger partial charge in [0.2, 0.25) is 0 Å². The van der Waals surface area contributed by atoms with Crippen LogP contribution >= 0.6 is 0 Å². The lowest BCUT2D eigenvalue weighted by Crippen LogP contribution is -2.31. The fourth-order valence-corrected chi connectivity index (χ4v) is 2.32. The molecular weight excluding hydrogens is 309 g/mol. The van der Waals surface area contributed by atoms with E-state index in [1.54, 1.807) is 13.0 Å². The van der Waals surface area contributed by atoms with Crippen LogP contribution in [0.3, 0.4) is 0 Å². The molecule has 0 spiro atoms. The van der Waals surface area contributed by atoms with Gasteiger partial charge in [0, 0.05) is 0 Å². The second kappa shape index (κ2) is 8.24. The molecule has 0 radical (unpaired) electrons. The van der Waals surface area contributed by atoms with Crippen LogP contribution in [0, 0.1) is 12.7 Å². The highest BCUT2D eigenvalue weighted by molar-refractivity contribution is 5.95. The highest BCUT2D eigenvalue weighted by atomic mass is 19.1. The van der Waals surface area contributed by atoms with Gasteiger partial charge in [-0.1, -0.05) is 42.0 Å². The van der Waals surface area contributed by atoms with Crippen molar-refractivity contribution in [2.75, 3.05) is 6.61 Å². The lowest BCUT2D eigenvalue weighted by molar-refractivity contribution is -0.143. The number of hydrogen-bond acceptors (Lipinski definition) is 3. The maximum Gasteiger partial charge on any atom is 0.308 e. The van der Waals surface area contributed by atoms with Crippen LogP contribution in [0.1, 0.15) is 40.9 Å². The molecule has 0 aromatic heterocycles. The Kier molecular flexibility index (Phi) is 6.07. The molecule has 0 saturated carbocycles. The topological polar surface area (TPSA) is 55.4 Å². The van der Waals surface area contributed by atoms with Gasteiger partial charge in [-0.15, -0.1) is 0 Å². The zero-order chi connectivity index (χ0) is 17.5. The van der Waals surface area contributed by atoms with E-state index >= 15 is 0 Å². The SMILES string of the molecule is CCOC(=O)C[C@H](NC(=O)c1ccccc1F)c1ccc(C)cc1. The van der Waals surface area contributed by atoms with E-state index in [0.717, 1.165) is 11.1 Å². The molecule has 1 atom stereocenters. The van der Waals surface area contributed by atoms with Gasteiger partial charge in [-0.05, 0) is 31.5 Å². The van der Waals surface area contributed by atoms with Crippen LogP contribution < -0.4 is 5.32 Å². The molecule has 1 amide bonds. The van der Waals surface area contributed by atoms with E-state index in [9.17, 15) is 14.0 Å². The highest BCUT2D eigenvalue weighted by Gasteiger charge is 2.21. The van der Waals surface area contributed by atoms with Gasteiger partial charge < -0.3 is 10.1 Å². The van der Waals surface area contributed by atoms with Gasteiger partial charge in [0.1, 0.15) is 5.82 Å². The molecular formula is C19H20FNO3. The molecule has 0 bridgehead atoms. The predicted octanol–water partition coefficient (Wildman–Crippen LogP) is 3.56. The molecule has 2 aromatic carbocycles. The van der Waals surface area contributed by atoms with Gasteiger partial charge in [-0.2, -0.15) is 0 Å². The summed E-state index contributed by atoms with van der Waals surface area (Å²) in [5.41, 5.74) is 1.77. The first-order valence-corrected chi connectivity index (χ1v) is 7.79. The van der Waals surface area contributed by atoms with Gasteiger partial charge >= 0.3 is 5.97 Å². The van der Waals surface area contributed by atoms with Gasteiger partial charge in [-0.25, -0.2) is 4.39 Å². The minimum Gasteiger partial charge on any atom is -0.466 e. The predicted molar refractivity (Wildman–Crippen MR) is 89.0 cm³/mol. The number of amides is 1. The Labute approximate surface area is 140 Å². The number of carbonyl (C=O) groups is 2. The van der Waals surface area contributed by atoms with Crippen LogP contribution in [-0.4, -0.2) is 18.5 Å². The third-order valence-electron chi connectivity index (χ3n) is 3.58. The average Bonchev–Trinajstić information content (AvgIpc) is 2.55. The maximum atomic E-state index is 13.8. The van der Waals surface area contributed by atoms with E-state index in [-0.39, 0.29) is 18.6 Å². The molecule has 0 aliphatic heterocycles. The van der Waals surface area contributed by atoms with Crippen molar-refractivity contribution in [2.45, 2.75) is 26.3 Å². The lowest BCUT2D eigenvalue weighted by Gasteiger charge is -2.19. The fourth-order valence-electron chi connectivity index (χ4n) is 2.32. The fraction of sp³-hybridized carbons (Fsp3) is 0.263. The largest absolute Gasteiger partial charge is 0.466 e. The van der Waals surface area contributed by atoms with Crippen molar-refractivity contribution in [3.63, 3.8) is 0 Å². The van der Waals surface area contributed by atoms with Gasteiger partial charge in [0.05, 0.1) is 24.6 Å². The summed E-state index contributed by atoms with van der Waals surface area (Å²) in [6, 6.07) is 12.6. The number of halogens is 1. The Morgan fingerprint density at radius 2 is 1.79 bits per heavy atom. The summed E-state index contributed by atoms with van der Waals surface area (Å²) in [6.45, 7) is 3.93. The normalized spacial score (nSPS) is 11.6. The van der Waals surface area contributed by atoms with Crippen molar-refractivity contribution in [3.05, 3.63) is 71.0 Å². The van der Waals surface area contributed by atoms with E-state index in [1.807, 2.05) is 31.2 Å². The molecule has 5 heteroatoms. The minimum atomic E-state index is -0.603. The summed E-state index contributed by atoms with van der Waals surface area (Å²) in [7, 11) is 0. The maximum absolute atomic E-state index is 13.8. The average molecular weight is 329 g/mol. The molecule has 24 heavy (non-hydrogen) atoms. The van der Waals surface area contributed by atoms with Crippen molar-refractivity contribution in [1.82, 2.24) is 5.32 Å². The van der Waals surface area contributed by atoms with Crippen molar-refractivity contribution in [3.8, 4) is 0 Å². The summed E-state index contributed by atoms with van der Waals surface area (Å²) in [4.78, 5) is 24.2. The molecule has 0 heterocycles. The number of aryl methyl sites for hydroxylation is 1. The monoisotopic (exact) mass is 329 g/mol. The molecule has 2 aromatic rings. The molecule has 2 rings (SSSR count). The number of esters is 1. The van der Waals surface area contributed by atoms with E-state index in [2.05, 4.69) is 5.32 Å². The first kappa shape index (κ1) is 17.7. The van der Waals surface area contributed by atoms with Gasteiger partial charge in [0.15, 0.2) is 0 Å². The summed E-state index contributed by atoms with van der Waals surface area (Å²) in [5, 5.41) is 2.72. The molecule has 0 unspecified atom stereocenters. The third-order valence-corrected chi connectivity index (χ3v) is 3.58. The van der Waals surface area contributed by atoms with E-state index < -0.39 is 23.7 Å². The van der Waals surface area contributed by atoms with Gasteiger partial charge in [0.25, 0.3) is 5.91 Å². The zero-order valence-electron chi connectivity index (χ0n) is 13.7. The van der Waals surface area contributed by atoms with Crippen LogP contribution in [0.25, 0.3) is 0 Å². The Bertz CT molecular complexity index is 713. The first-order chi connectivity index (χ1) is 11.5. The zero-order valence-corrected chi connectivity index (χ0v) is 13.7. The summed E-state index contributed by atoms with van der Waals surface area (Å²) < 4.78 is 18.7. The second-order valence-electron chi connectivity index (χ2n) is 5.43. The lowest BCUT2D eigenvalue weighted by atomic mass is 10.0. The molecule has 1 N–H and O–H groups in total. The summed E-state index contributed by atoms with van der Waals surface area (Å²) >= 11 is 0. The quantitative estimate of drug-likeness (QED) is 0.825. The summed E-state index contributed by atoms with van der Waals surface area (Å²) in [5.74, 6) is -1.59. The van der Waals surface area contributed by atoms with Crippen LogP contribution in [0.5, 0.6) is 0 Å². The molecule has 0 aliphatic rings. The number of carbonyl (C=O) groups excluding carboxylic acids is 2. The smallest absolute Gasteiger partial charge is 0.308 e. The molecule has 126 valence electrons. The van der Waals surface area contributed by atoms with Crippen molar-refractivity contribution in [1.29, 1.82) is 0 Å². The molecule has 0 aliphatic carbocycles. The van der Waals surface area contributed by atoms with Gasteiger partial charge in [-0.3, -0.25) is 9.59 Å². The van der Waals surface area contributed by atoms with E-state index in [1.165, 1.54) is 18.2 Å². The van der Waals surface area contributed by atoms with Crippen LogP contribution in [0.2, 0.25) is 0 Å². The van der Waals surface area contributed by atoms with E-state index in [4.69, 9.17) is 4.74 Å². The first-order valence-electron chi connectivity index (χ1n) is 7.79. The number of hydrogen-bond donors (Lipinski definition) is 1. The number of benzene rings is 2. The number of nitrogens with one attached hydrogen (secondary N) is 1. The molecule has 4 nitrogen and oxygen atoms in total.